The van der Waals surface area contributed by atoms with Gasteiger partial charge in [-0.3, -0.25) is 0 Å². The zero-order valence-corrected chi connectivity index (χ0v) is 8.89. The summed E-state index contributed by atoms with van der Waals surface area (Å²) in [6.07, 6.45) is 0. The van der Waals surface area contributed by atoms with Gasteiger partial charge in [0.25, 0.3) is 0 Å². The zero-order valence-electron chi connectivity index (χ0n) is 7.99. The highest BCUT2D eigenvalue weighted by Gasteiger charge is 2.61. The molecule has 7 nitrogen and oxygen atoms in total. The average molecular weight is 248 g/mol. The molecule has 0 amide bonds. The molecule has 9 heteroatoms. The Hall–Kier alpha value is -1.18. The van der Waals surface area contributed by atoms with E-state index in [4.69, 9.17) is 9.36 Å². The van der Waals surface area contributed by atoms with Crippen molar-refractivity contribution in [2.45, 2.75) is 0 Å². The van der Waals surface area contributed by atoms with Gasteiger partial charge in [0, 0.05) is 0 Å². The van der Waals surface area contributed by atoms with Crippen molar-refractivity contribution in [3.8, 4) is 5.75 Å². The van der Waals surface area contributed by atoms with Crippen LogP contribution in [0.15, 0.2) is 18.2 Å². The molecule has 1 aromatic rings. The summed E-state index contributed by atoms with van der Waals surface area (Å²) in [6, 6.07) is 4.19. The number of rotatable bonds is 2. The van der Waals surface area contributed by atoms with Crippen molar-refractivity contribution in [1.29, 1.82) is 0 Å². The number of fused-ring (bicyclic) bond motifs is 1. The molecule has 4 rings (SSSR count). The topological polar surface area (TPSA) is 60.5 Å². The van der Waals surface area contributed by atoms with Gasteiger partial charge >= 0.3 is 7.82 Å². The van der Waals surface area contributed by atoms with Gasteiger partial charge in [-0.25, -0.2) is 8.96 Å². The third-order valence-corrected chi connectivity index (χ3v) is 3.06. The molecule has 3 aliphatic heterocycles. The lowest BCUT2D eigenvalue weighted by Crippen LogP contribution is -2.35. The van der Waals surface area contributed by atoms with E-state index in [2.05, 4.69) is 9.25 Å². The van der Waals surface area contributed by atoms with Crippen molar-refractivity contribution in [1.82, 2.24) is 5.34 Å². The monoisotopic (exact) mass is 248 g/mol. The largest absolute Gasteiger partial charge is 0.538 e. The number of phosphoric acid groups is 1. The molecule has 3 saturated heterocycles. The van der Waals surface area contributed by atoms with Crippen LogP contribution in [-0.2, 0) is 18.4 Å². The lowest BCUT2D eigenvalue weighted by molar-refractivity contribution is -0.319. The third kappa shape index (κ3) is 1.25. The van der Waals surface area contributed by atoms with Gasteiger partial charge in [0.2, 0.25) is 0 Å². The minimum absolute atomic E-state index is 0.0692. The number of nitrogens with zero attached hydrogens (tertiary/aromatic N) is 2. The summed E-state index contributed by atoms with van der Waals surface area (Å²) >= 11 is 0. The number of anilines is 1. The molecule has 0 aromatic heterocycles. The van der Waals surface area contributed by atoms with Crippen LogP contribution in [0.3, 0.4) is 0 Å². The second-order valence-corrected chi connectivity index (χ2v) is 4.38. The summed E-state index contributed by atoms with van der Waals surface area (Å²) in [5, 5.41) is 1.48. The smallest absolute Gasteiger partial charge is 0.494 e. The number of hydrogen-bond acceptors (Lipinski definition) is 7. The first kappa shape index (κ1) is 10.0. The summed E-state index contributed by atoms with van der Waals surface area (Å²) < 4.78 is 43.8. The molecule has 0 N–H and O–H groups in total. The SMILES string of the molecule is COc1cccc(F)c1N1OP2(=O)ON1O2. The molecule has 0 spiro atoms. The zero-order chi connectivity index (χ0) is 11.3. The predicted molar refractivity (Wildman–Crippen MR) is 48.1 cm³/mol. The van der Waals surface area contributed by atoms with Crippen molar-refractivity contribution < 1.29 is 27.6 Å². The molecule has 0 saturated carbocycles. The Bertz CT molecular complexity index is 488. The number of ether oxygens (including phenoxy) is 1. The Morgan fingerprint density at radius 2 is 2.12 bits per heavy atom. The maximum Gasteiger partial charge on any atom is 0.538 e. The molecule has 3 fully saturated rings. The molecule has 0 radical (unpaired) electrons. The number of para-hydroxylation sites is 1. The van der Waals surface area contributed by atoms with E-state index in [1.165, 1.54) is 25.3 Å². The van der Waals surface area contributed by atoms with Crippen LogP contribution in [0.1, 0.15) is 0 Å². The lowest BCUT2D eigenvalue weighted by atomic mass is 10.3. The van der Waals surface area contributed by atoms with Crippen LogP contribution in [0.25, 0.3) is 0 Å². The fourth-order valence-corrected chi connectivity index (χ4v) is 2.24. The van der Waals surface area contributed by atoms with Crippen molar-refractivity contribution in [2.24, 2.45) is 0 Å². The van der Waals surface area contributed by atoms with Crippen LogP contribution in [0, 0.1) is 5.82 Å². The summed E-state index contributed by atoms with van der Waals surface area (Å²) in [6.45, 7) is 0. The normalized spacial score (nSPS) is 31.4. The van der Waals surface area contributed by atoms with Crippen LogP contribution < -0.4 is 9.91 Å². The molecule has 1 aromatic carbocycles. The Morgan fingerprint density at radius 1 is 1.38 bits per heavy atom. The van der Waals surface area contributed by atoms with E-state index in [1.54, 1.807) is 0 Å². The quantitative estimate of drug-likeness (QED) is 0.739. The highest BCUT2D eigenvalue weighted by Crippen LogP contribution is 2.68. The van der Waals surface area contributed by atoms with Crippen molar-refractivity contribution in [3.63, 3.8) is 0 Å². The number of methoxy groups -OCH3 is 1. The molecule has 16 heavy (non-hydrogen) atoms. The van der Waals surface area contributed by atoms with Gasteiger partial charge in [-0.2, -0.15) is 0 Å². The van der Waals surface area contributed by atoms with Gasteiger partial charge < -0.3 is 4.74 Å². The Balaban J connectivity index is 2.04. The highest BCUT2D eigenvalue weighted by molar-refractivity contribution is 7.49. The number of hydrazine groups is 1. The molecule has 3 heterocycles. The first-order chi connectivity index (χ1) is 7.63. The van der Waals surface area contributed by atoms with Gasteiger partial charge in [0.1, 0.15) is 5.75 Å². The van der Waals surface area contributed by atoms with E-state index in [0.29, 0.717) is 5.34 Å². The molecular weight excluding hydrogens is 242 g/mol. The molecule has 3 aliphatic rings. The van der Waals surface area contributed by atoms with Crippen molar-refractivity contribution in [3.05, 3.63) is 24.0 Å². The van der Waals surface area contributed by atoms with Gasteiger partial charge in [-0.15, -0.1) is 19.0 Å². The number of halogens is 1. The predicted octanol–water partition coefficient (Wildman–Crippen LogP) is 1.79. The fourth-order valence-electron chi connectivity index (χ4n) is 1.37. The summed E-state index contributed by atoms with van der Waals surface area (Å²) in [7, 11) is -2.17. The van der Waals surface area contributed by atoms with E-state index in [9.17, 15) is 8.96 Å². The maximum atomic E-state index is 13.6. The summed E-state index contributed by atoms with van der Waals surface area (Å²) in [5.74, 6) is -0.417. The van der Waals surface area contributed by atoms with Gasteiger partial charge in [-0.05, 0) is 12.1 Å². The summed E-state index contributed by atoms with van der Waals surface area (Å²) in [4.78, 5) is 0. The molecule has 86 valence electrons. The van der Waals surface area contributed by atoms with E-state index in [-0.39, 0.29) is 11.4 Å². The van der Waals surface area contributed by atoms with Gasteiger partial charge in [0.15, 0.2) is 11.5 Å². The van der Waals surface area contributed by atoms with Crippen LogP contribution in [0.4, 0.5) is 10.1 Å². The molecule has 0 aliphatic carbocycles. The molecule has 2 bridgehead atoms. The standard InChI is InChI=1S/C7H6FN2O5P/c1-12-6-4-2-3-5(8)7(6)9-10-14-16(11,13-9)15-10/h2-4H,1H3. The van der Waals surface area contributed by atoms with Crippen LogP contribution >= 0.6 is 7.82 Å². The average Bonchev–Trinajstić information content (AvgIpc) is 2.70. The second-order valence-electron chi connectivity index (χ2n) is 2.99. The Labute approximate surface area is 89.3 Å². The molecular formula is C7H6FN2O5P. The Morgan fingerprint density at radius 3 is 2.69 bits per heavy atom. The van der Waals surface area contributed by atoms with Crippen LogP contribution in [0.5, 0.6) is 5.75 Å². The number of benzene rings is 1. The third-order valence-electron chi connectivity index (χ3n) is 2.03. The van der Waals surface area contributed by atoms with E-state index >= 15 is 0 Å². The highest BCUT2D eigenvalue weighted by atomic mass is 31.2. The van der Waals surface area contributed by atoms with E-state index in [1.807, 2.05) is 0 Å². The fraction of sp³-hybridized carbons (Fsp3) is 0.143. The summed E-state index contributed by atoms with van der Waals surface area (Å²) in [5.41, 5.74) is -0.0692. The van der Waals surface area contributed by atoms with E-state index < -0.39 is 13.6 Å². The van der Waals surface area contributed by atoms with Crippen molar-refractivity contribution in [2.75, 3.05) is 12.3 Å². The van der Waals surface area contributed by atoms with Crippen molar-refractivity contribution >= 4 is 13.5 Å². The minimum Gasteiger partial charge on any atom is -0.494 e. The van der Waals surface area contributed by atoms with Crippen LogP contribution in [0.2, 0.25) is 0 Å². The van der Waals surface area contributed by atoms with E-state index in [0.717, 1.165) is 5.17 Å². The maximum absolute atomic E-state index is 13.6. The second kappa shape index (κ2) is 3.16. The Kier molecular flexibility index (Phi) is 1.97. The number of hydrogen-bond donors (Lipinski definition) is 0. The minimum atomic E-state index is -3.54. The van der Waals surface area contributed by atoms with Gasteiger partial charge in [0.05, 0.1) is 12.4 Å². The first-order valence-electron chi connectivity index (χ1n) is 4.25. The van der Waals surface area contributed by atoms with Crippen LogP contribution in [-0.4, -0.2) is 12.4 Å². The lowest BCUT2D eigenvalue weighted by Gasteiger charge is -2.22. The molecule has 0 atom stereocenters. The molecule has 0 unspecified atom stereocenters. The first-order valence-corrected chi connectivity index (χ1v) is 5.71. The van der Waals surface area contributed by atoms with Gasteiger partial charge in [-0.1, -0.05) is 6.07 Å².